The maximum atomic E-state index is 13.4. The molecule has 1 heterocycles. The van der Waals surface area contributed by atoms with E-state index in [1.807, 2.05) is 12.1 Å². The Labute approximate surface area is 194 Å². The van der Waals surface area contributed by atoms with Gasteiger partial charge in [0.1, 0.15) is 5.82 Å². The molecule has 2 aliphatic rings. The lowest BCUT2D eigenvalue weighted by Crippen LogP contribution is -2.40. The van der Waals surface area contributed by atoms with Crippen molar-refractivity contribution in [2.45, 2.75) is 31.7 Å². The molecule has 7 heteroatoms. The van der Waals surface area contributed by atoms with E-state index in [1.165, 1.54) is 36.1 Å². The Kier molecular flexibility index (Phi) is 8.47. The van der Waals surface area contributed by atoms with Crippen molar-refractivity contribution in [2.24, 2.45) is 10.7 Å². The zero-order valence-electron chi connectivity index (χ0n) is 17.1. The molecule has 0 aromatic heterocycles. The second-order valence-corrected chi connectivity index (χ2v) is 7.72. The largest absolute Gasteiger partial charge is 0.379 e. The van der Waals surface area contributed by atoms with Crippen molar-refractivity contribution >= 4 is 35.6 Å². The molecule has 1 fully saturated rings. The summed E-state index contributed by atoms with van der Waals surface area (Å²) >= 11 is 0. The van der Waals surface area contributed by atoms with Gasteiger partial charge in [0.2, 0.25) is 0 Å². The number of anilines is 1. The van der Waals surface area contributed by atoms with Gasteiger partial charge < -0.3 is 15.8 Å². The molecule has 1 aliphatic carbocycles. The molecule has 1 atom stereocenters. The van der Waals surface area contributed by atoms with Gasteiger partial charge in [-0.25, -0.2) is 4.39 Å². The summed E-state index contributed by atoms with van der Waals surface area (Å²) in [6.45, 7) is 3.57. The summed E-state index contributed by atoms with van der Waals surface area (Å²) in [6.07, 6.45) is 4.68. The summed E-state index contributed by atoms with van der Waals surface area (Å²) in [7, 11) is 0. The predicted octanol–water partition coefficient (Wildman–Crippen LogP) is 4.12. The van der Waals surface area contributed by atoms with E-state index in [0.717, 1.165) is 37.2 Å². The van der Waals surface area contributed by atoms with E-state index in [2.05, 4.69) is 33.4 Å². The highest BCUT2D eigenvalue weighted by Crippen LogP contribution is 2.28. The van der Waals surface area contributed by atoms with Crippen LogP contribution in [0.15, 0.2) is 47.5 Å². The highest BCUT2D eigenvalue weighted by atomic mass is 127. The lowest BCUT2D eigenvalue weighted by Gasteiger charge is -2.34. The van der Waals surface area contributed by atoms with Crippen LogP contribution in [0.1, 0.15) is 35.6 Å². The number of morpholine rings is 1. The Morgan fingerprint density at radius 1 is 1.10 bits per heavy atom. The second-order valence-electron chi connectivity index (χ2n) is 7.72. The number of hydrogen-bond acceptors (Lipinski definition) is 3. The molecule has 162 valence electrons. The predicted molar refractivity (Wildman–Crippen MR) is 130 cm³/mol. The van der Waals surface area contributed by atoms with E-state index in [0.29, 0.717) is 25.7 Å². The number of nitrogens with zero attached hydrogens (tertiary/aromatic N) is 2. The summed E-state index contributed by atoms with van der Waals surface area (Å²) in [6, 6.07) is 13.1. The van der Waals surface area contributed by atoms with Crippen molar-refractivity contribution in [3.8, 4) is 0 Å². The zero-order chi connectivity index (χ0) is 20.1. The monoisotopic (exact) mass is 524 g/mol. The van der Waals surface area contributed by atoms with Crippen molar-refractivity contribution in [3.05, 3.63) is 65.0 Å². The maximum Gasteiger partial charge on any atom is 0.193 e. The minimum atomic E-state index is -0.229. The molecule has 4 rings (SSSR count). The number of guanidine groups is 1. The number of ether oxygens (including phenoxy) is 1. The van der Waals surface area contributed by atoms with Gasteiger partial charge in [0.25, 0.3) is 0 Å². The Hall–Kier alpha value is -1.71. The molecule has 0 radical (unpaired) electrons. The number of fused-ring (bicyclic) bond motifs is 1. The first kappa shape index (κ1) is 23.0. The van der Waals surface area contributed by atoms with Gasteiger partial charge in [0.05, 0.1) is 25.8 Å². The molecule has 1 saturated heterocycles. The van der Waals surface area contributed by atoms with Gasteiger partial charge in [-0.2, -0.15) is 0 Å². The van der Waals surface area contributed by atoms with Crippen molar-refractivity contribution in [2.75, 3.05) is 38.2 Å². The SMILES string of the molecule is I.NC(=NCC(c1ccc(F)cc1)N1CCOCC1)Nc1cccc2c1CCCC2. The van der Waals surface area contributed by atoms with E-state index in [9.17, 15) is 4.39 Å². The Balaban J connectivity index is 0.00000256. The first-order valence-corrected chi connectivity index (χ1v) is 10.5. The van der Waals surface area contributed by atoms with Gasteiger partial charge in [-0.1, -0.05) is 24.3 Å². The normalized spacial score (nSPS) is 18.2. The van der Waals surface area contributed by atoms with Gasteiger partial charge in [-0.15, -0.1) is 24.0 Å². The molecule has 3 N–H and O–H groups in total. The van der Waals surface area contributed by atoms with E-state index in [4.69, 9.17) is 10.5 Å². The highest BCUT2D eigenvalue weighted by molar-refractivity contribution is 14.0. The van der Waals surface area contributed by atoms with Crippen molar-refractivity contribution in [1.82, 2.24) is 4.90 Å². The lowest BCUT2D eigenvalue weighted by molar-refractivity contribution is 0.0180. The second kappa shape index (κ2) is 11.1. The van der Waals surface area contributed by atoms with Gasteiger partial charge in [0.15, 0.2) is 5.96 Å². The Morgan fingerprint density at radius 2 is 1.83 bits per heavy atom. The third-order valence-corrected chi connectivity index (χ3v) is 5.83. The van der Waals surface area contributed by atoms with Crippen LogP contribution in [0.4, 0.5) is 10.1 Å². The highest BCUT2D eigenvalue weighted by Gasteiger charge is 2.22. The van der Waals surface area contributed by atoms with Crippen LogP contribution >= 0.6 is 24.0 Å². The summed E-state index contributed by atoms with van der Waals surface area (Å²) in [5, 5.41) is 3.31. The van der Waals surface area contributed by atoms with Crippen molar-refractivity contribution < 1.29 is 9.13 Å². The first-order valence-electron chi connectivity index (χ1n) is 10.5. The van der Waals surface area contributed by atoms with Crippen LogP contribution < -0.4 is 11.1 Å². The minimum absolute atomic E-state index is 0. The van der Waals surface area contributed by atoms with Gasteiger partial charge in [0, 0.05) is 18.8 Å². The van der Waals surface area contributed by atoms with E-state index in [1.54, 1.807) is 0 Å². The Bertz CT molecular complexity index is 853. The number of rotatable bonds is 5. The molecular formula is C23H30FIN4O. The topological polar surface area (TPSA) is 62.9 Å². The fourth-order valence-electron chi connectivity index (χ4n) is 4.27. The van der Waals surface area contributed by atoms with Crippen LogP contribution in [0, 0.1) is 5.82 Å². The van der Waals surface area contributed by atoms with Crippen molar-refractivity contribution in [3.63, 3.8) is 0 Å². The summed E-state index contributed by atoms with van der Waals surface area (Å²) in [5.74, 6) is 0.192. The molecule has 1 unspecified atom stereocenters. The number of hydrogen-bond donors (Lipinski definition) is 2. The van der Waals surface area contributed by atoms with E-state index >= 15 is 0 Å². The molecule has 1 aliphatic heterocycles. The van der Waals surface area contributed by atoms with Gasteiger partial charge in [-0.05, 0) is 60.6 Å². The van der Waals surface area contributed by atoms with Crippen LogP contribution in [-0.2, 0) is 17.6 Å². The summed E-state index contributed by atoms with van der Waals surface area (Å²) in [5.41, 5.74) is 11.1. The molecule has 2 aromatic rings. The minimum Gasteiger partial charge on any atom is -0.379 e. The number of nitrogens with one attached hydrogen (secondary N) is 1. The average Bonchev–Trinajstić information content (AvgIpc) is 2.76. The zero-order valence-corrected chi connectivity index (χ0v) is 19.5. The smallest absolute Gasteiger partial charge is 0.193 e. The lowest BCUT2D eigenvalue weighted by atomic mass is 9.90. The quantitative estimate of drug-likeness (QED) is 0.351. The number of aliphatic imine (C=N–C) groups is 1. The fourth-order valence-corrected chi connectivity index (χ4v) is 4.27. The number of benzene rings is 2. The third kappa shape index (κ3) is 5.70. The van der Waals surface area contributed by atoms with Crippen LogP contribution in [0.3, 0.4) is 0 Å². The molecule has 0 amide bonds. The van der Waals surface area contributed by atoms with Gasteiger partial charge >= 0.3 is 0 Å². The van der Waals surface area contributed by atoms with Crippen LogP contribution in [0.2, 0.25) is 0 Å². The van der Waals surface area contributed by atoms with E-state index < -0.39 is 0 Å². The van der Waals surface area contributed by atoms with Gasteiger partial charge in [-0.3, -0.25) is 9.89 Å². The molecular weight excluding hydrogens is 494 g/mol. The average molecular weight is 524 g/mol. The molecule has 0 spiro atoms. The van der Waals surface area contributed by atoms with Crippen LogP contribution in [-0.4, -0.2) is 43.7 Å². The van der Waals surface area contributed by atoms with Crippen LogP contribution in [0.5, 0.6) is 0 Å². The molecule has 5 nitrogen and oxygen atoms in total. The molecule has 2 aromatic carbocycles. The molecule has 0 saturated carbocycles. The number of nitrogens with two attached hydrogens (primary N) is 1. The first-order chi connectivity index (χ1) is 14.2. The van der Waals surface area contributed by atoms with E-state index in [-0.39, 0.29) is 35.8 Å². The number of aryl methyl sites for hydroxylation is 1. The maximum absolute atomic E-state index is 13.4. The summed E-state index contributed by atoms with van der Waals surface area (Å²) in [4.78, 5) is 6.98. The summed E-state index contributed by atoms with van der Waals surface area (Å²) < 4.78 is 18.9. The van der Waals surface area contributed by atoms with Crippen LogP contribution in [0.25, 0.3) is 0 Å². The van der Waals surface area contributed by atoms with Crippen molar-refractivity contribution in [1.29, 1.82) is 0 Å². The Morgan fingerprint density at radius 3 is 2.60 bits per heavy atom. The third-order valence-electron chi connectivity index (χ3n) is 5.83. The fraction of sp³-hybridized carbons (Fsp3) is 0.435. The standard InChI is InChI=1S/C23H29FN4O.HI/c24-19-10-8-18(9-11-19)22(28-12-14-29-15-13-28)16-26-23(25)27-21-7-3-5-17-4-1-2-6-20(17)21;/h3,5,7-11,22H,1-2,4,6,12-16H2,(H3,25,26,27);1H. The molecule has 0 bridgehead atoms. The molecule has 30 heavy (non-hydrogen) atoms. The number of halogens is 2.